The van der Waals surface area contributed by atoms with E-state index in [9.17, 15) is 9.18 Å². The highest BCUT2D eigenvalue weighted by molar-refractivity contribution is 7.14. The Labute approximate surface area is 173 Å². The summed E-state index contributed by atoms with van der Waals surface area (Å²) in [6.07, 6.45) is 0. The molecule has 0 aliphatic carbocycles. The van der Waals surface area contributed by atoms with E-state index in [0.29, 0.717) is 13.1 Å². The molecule has 1 saturated heterocycles. The fourth-order valence-corrected chi connectivity index (χ4v) is 4.40. The van der Waals surface area contributed by atoms with E-state index in [-0.39, 0.29) is 11.8 Å². The van der Waals surface area contributed by atoms with Crippen molar-refractivity contribution >= 4 is 28.2 Å². The van der Waals surface area contributed by atoms with Crippen LogP contribution in [0.25, 0.3) is 11.3 Å². The molecule has 2 aromatic carbocycles. The van der Waals surface area contributed by atoms with Gasteiger partial charge in [0.2, 0.25) is 0 Å². The molecule has 150 valence electrons. The zero-order valence-corrected chi connectivity index (χ0v) is 17.3. The Kier molecular flexibility index (Phi) is 5.49. The van der Waals surface area contributed by atoms with Gasteiger partial charge in [-0.2, -0.15) is 0 Å². The molecule has 2 heterocycles. The number of rotatable bonds is 3. The number of halogens is 1. The number of carbonyl (C=O) groups excluding carboxylic acids is 1. The number of hydrogen-bond acceptors (Lipinski definition) is 4. The number of nitrogens with one attached hydrogen (secondary N) is 1. The Morgan fingerprint density at radius 3 is 2.34 bits per heavy atom. The van der Waals surface area contributed by atoms with Gasteiger partial charge in [-0.05, 0) is 61.4 Å². The van der Waals surface area contributed by atoms with Crippen molar-refractivity contribution < 1.29 is 9.18 Å². The number of carbonyl (C=O) groups is 1. The van der Waals surface area contributed by atoms with Crippen molar-refractivity contribution in [3.63, 3.8) is 0 Å². The van der Waals surface area contributed by atoms with Crippen molar-refractivity contribution in [2.45, 2.75) is 13.8 Å². The summed E-state index contributed by atoms with van der Waals surface area (Å²) in [7, 11) is 0. The second kappa shape index (κ2) is 8.21. The van der Waals surface area contributed by atoms with Crippen LogP contribution in [0.15, 0.2) is 47.8 Å². The number of amides is 2. The van der Waals surface area contributed by atoms with Gasteiger partial charge in [-0.15, -0.1) is 11.3 Å². The molecule has 0 spiro atoms. The molecule has 0 bridgehead atoms. The largest absolute Gasteiger partial charge is 0.345 e. The van der Waals surface area contributed by atoms with Crippen LogP contribution >= 0.6 is 11.3 Å². The van der Waals surface area contributed by atoms with E-state index >= 15 is 0 Å². The number of anilines is 2. The van der Waals surface area contributed by atoms with Crippen LogP contribution in [0.3, 0.4) is 0 Å². The first-order valence-electron chi connectivity index (χ1n) is 9.58. The Morgan fingerprint density at radius 1 is 1.03 bits per heavy atom. The van der Waals surface area contributed by atoms with Gasteiger partial charge < -0.3 is 15.1 Å². The third-order valence-electron chi connectivity index (χ3n) is 4.94. The molecular formula is C22H23FN4OS. The molecular weight excluding hydrogens is 387 g/mol. The van der Waals surface area contributed by atoms with Gasteiger partial charge in [-0.25, -0.2) is 14.2 Å². The highest BCUT2D eigenvalue weighted by Crippen LogP contribution is 2.28. The number of hydrogen-bond donors (Lipinski definition) is 1. The van der Waals surface area contributed by atoms with E-state index < -0.39 is 0 Å². The van der Waals surface area contributed by atoms with Crippen molar-refractivity contribution in [1.29, 1.82) is 0 Å². The quantitative estimate of drug-likeness (QED) is 0.667. The summed E-state index contributed by atoms with van der Waals surface area (Å²) in [5.41, 5.74) is 4.84. The molecule has 29 heavy (non-hydrogen) atoms. The average molecular weight is 411 g/mol. The first-order chi connectivity index (χ1) is 14.0. The number of thiazole rings is 1. The minimum absolute atomic E-state index is 0.0687. The molecule has 4 rings (SSSR count). The fourth-order valence-electron chi connectivity index (χ4n) is 3.51. The maximum atomic E-state index is 13.1. The molecule has 1 fully saturated rings. The number of benzene rings is 2. The molecule has 5 nitrogen and oxygen atoms in total. The molecule has 1 N–H and O–H groups in total. The lowest BCUT2D eigenvalue weighted by atomic mass is 10.1. The van der Waals surface area contributed by atoms with E-state index in [1.807, 2.05) is 36.3 Å². The number of piperazine rings is 1. The first-order valence-corrected chi connectivity index (χ1v) is 10.5. The topological polar surface area (TPSA) is 48.5 Å². The molecule has 1 aliphatic heterocycles. The number of urea groups is 1. The molecule has 3 aromatic rings. The predicted octanol–water partition coefficient (Wildman–Crippen LogP) is 4.92. The Balaban J connectivity index is 1.35. The molecule has 1 aliphatic rings. The zero-order chi connectivity index (χ0) is 20.4. The maximum absolute atomic E-state index is 13.1. The Hall–Kier alpha value is -2.93. The molecule has 0 saturated carbocycles. The summed E-state index contributed by atoms with van der Waals surface area (Å²) in [4.78, 5) is 21.3. The monoisotopic (exact) mass is 410 g/mol. The summed E-state index contributed by atoms with van der Waals surface area (Å²) < 4.78 is 13.1. The molecule has 1 aromatic heterocycles. The van der Waals surface area contributed by atoms with Crippen molar-refractivity contribution in [3.8, 4) is 11.3 Å². The van der Waals surface area contributed by atoms with E-state index in [2.05, 4.69) is 16.3 Å². The Morgan fingerprint density at radius 2 is 1.69 bits per heavy atom. The first kappa shape index (κ1) is 19.4. The van der Waals surface area contributed by atoms with Gasteiger partial charge in [-0.3, -0.25) is 0 Å². The second-order valence-electron chi connectivity index (χ2n) is 7.30. The lowest BCUT2D eigenvalue weighted by Gasteiger charge is -2.34. The van der Waals surface area contributed by atoms with Crippen LogP contribution in [0.4, 0.5) is 20.0 Å². The van der Waals surface area contributed by atoms with Crippen LogP contribution < -0.4 is 10.2 Å². The molecule has 2 amide bonds. The highest BCUT2D eigenvalue weighted by atomic mass is 32.1. The van der Waals surface area contributed by atoms with Crippen LogP contribution in [0.2, 0.25) is 0 Å². The summed E-state index contributed by atoms with van der Waals surface area (Å²) in [5, 5.41) is 5.92. The number of nitrogens with zero attached hydrogens (tertiary/aromatic N) is 3. The number of aryl methyl sites for hydroxylation is 2. The van der Waals surface area contributed by atoms with Gasteiger partial charge in [0.15, 0.2) is 5.13 Å². The molecule has 7 heteroatoms. The minimum atomic E-state index is -0.251. The van der Waals surface area contributed by atoms with E-state index in [1.165, 1.54) is 12.1 Å². The summed E-state index contributed by atoms with van der Waals surface area (Å²) in [6.45, 7) is 6.79. The summed E-state index contributed by atoms with van der Waals surface area (Å²) in [5.74, 6) is -0.251. The van der Waals surface area contributed by atoms with Crippen LogP contribution in [0, 0.1) is 19.7 Å². The zero-order valence-electron chi connectivity index (χ0n) is 16.5. The van der Waals surface area contributed by atoms with Gasteiger partial charge in [0.1, 0.15) is 5.82 Å². The van der Waals surface area contributed by atoms with Gasteiger partial charge in [-0.1, -0.05) is 6.07 Å². The SMILES string of the molecule is Cc1cc(C)cc(NC(=O)N2CCN(c3nc(-c4ccc(F)cc4)cs3)CC2)c1. The average Bonchev–Trinajstić information content (AvgIpc) is 3.18. The Bertz CT molecular complexity index is 990. The fraction of sp³-hybridized carbons (Fsp3) is 0.273. The number of aromatic nitrogens is 1. The van der Waals surface area contributed by atoms with Gasteiger partial charge >= 0.3 is 6.03 Å². The van der Waals surface area contributed by atoms with Crippen LogP contribution in [-0.2, 0) is 0 Å². The van der Waals surface area contributed by atoms with Crippen molar-refractivity contribution in [3.05, 3.63) is 64.8 Å². The van der Waals surface area contributed by atoms with E-state index in [4.69, 9.17) is 4.98 Å². The standard InChI is InChI=1S/C22H23FN4OS/c1-15-11-16(2)13-19(12-15)24-21(28)26-7-9-27(10-8-26)22-25-20(14-29-22)17-3-5-18(23)6-4-17/h3-6,11-14H,7-10H2,1-2H3,(H,24,28). The van der Waals surface area contributed by atoms with Gasteiger partial charge in [0.25, 0.3) is 0 Å². The van der Waals surface area contributed by atoms with Crippen LogP contribution in [0.5, 0.6) is 0 Å². The molecule has 0 atom stereocenters. The second-order valence-corrected chi connectivity index (χ2v) is 8.14. The summed E-state index contributed by atoms with van der Waals surface area (Å²) >= 11 is 1.57. The lowest BCUT2D eigenvalue weighted by Crippen LogP contribution is -2.50. The third kappa shape index (κ3) is 4.56. The van der Waals surface area contributed by atoms with Gasteiger partial charge in [0, 0.05) is 42.8 Å². The third-order valence-corrected chi connectivity index (χ3v) is 5.84. The maximum Gasteiger partial charge on any atom is 0.321 e. The van der Waals surface area contributed by atoms with Crippen molar-refractivity contribution in [2.75, 3.05) is 36.4 Å². The van der Waals surface area contributed by atoms with E-state index in [0.717, 1.165) is 46.3 Å². The van der Waals surface area contributed by atoms with E-state index in [1.54, 1.807) is 23.5 Å². The van der Waals surface area contributed by atoms with Crippen LogP contribution in [0.1, 0.15) is 11.1 Å². The van der Waals surface area contributed by atoms with Crippen molar-refractivity contribution in [1.82, 2.24) is 9.88 Å². The predicted molar refractivity (Wildman–Crippen MR) is 116 cm³/mol. The van der Waals surface area contributed by atoms with Crippen LogP contribution in [-0.4, -0.2) is 42.1 Å². The van der Waals surface area contributed by atoms with Gasteiger partial charge in [0.05, 0.1) is 5.69 Å². The smallest absolute Gasteiger partial charge is 0.321 e. The normalized spacial score (nSPS) is 14.2. The summed E-state index contributed by atoms with van der Waals surface area (Å²) in [6, 6.07) is 12.3. The minimum Gasteiger partial charge on any atom is -0.345 e. The van der Waals surface area contributed by atoms with Crippen molar-refractivity contribution in [2.24, 2.45) is 0 Å². The highest BCUT2D eigenvalue weighted by Gasteiger charge is 2.23. The molecule has 0 unspecified atom stereocenters. The lowest BCUT2D eigenvalue weighted by molar-refractivity contribution is 0.208. The molecule has 0 radical (unpaired) electrons.